The normalized spacial score (nSPS) is 13.0. The topological polar surface area (TPSA) is 82.1 Å². The molecule has 7 heteroatoms. The van der Waals surface area contributed by atoms with E-state index in [1.54, 1.807) is 19.9 Å². The van der Waals surface area contributed by atoms with Crippen molar-refractivity contribution in [1.29, 1.82) is 0 Å². The molecule has 0 unspecified atom stereocenters. The molecule has 1 aliphatic carbocycles. The number of nitrogens with zero attached hydrogens (tertiary/aromatic N) is 1. The van der Waals surface area contributed by atoms with Crippen molar-refractivity contribution in [1.82, 2.24) is 0 Å². The number of carbonyl (C=O) groups excluding carboxylic acids is 3. The van der Waals surface area contributed by atoms with Crippen LogP contribution < -0.4 is 9.64 Å². The van der Waals surface area contributed by atoms with Crippen LogP contribution in [0.1, 0.15) is 42.6 Å². The van der Waals surface area contributed by atoms with Crippen LogP contribution in [0.3, 0.4) is 0 Å². The van der Waals surface area contributed by atoms with E-state index in [1.165, 1.54) is 12.0 Å². The molecule has 0 fully saturated rings. The molecule has 0 aliphatic heterocycles. The van der Waals surface area contributed by atoms with Gasteiger partial charge >= 0.3 is 11.9 Å². The molecule has 2 rings (SSSR count). The Morgan fingerprint density at radius 1 is 1.04 bits per heavy atom. The van der Waals surface area contributed by atoms with Crippen LogP contribution in [-0.4, -0.2) is 51.1 Å². The van der Waals surface area contributed by atoms with E-state index in [0.717, 1.165) is 18.4 Å². The first kappa shape index (κ1) is 19.8. The lowest BCUT2D eigenvalue weighted by atomic mass is 9.90. The van der Waals surface area contributed by atoms with Crippen LogP contribution in [-0.2, 0) is 25.5 Å². The first-order valence-electron chi connectivity index (χ1n) is 8.80. The molecule has 1 aliphatic rings. The summed E-state index contributed by atoms with van der Waals surface area (Å²) >= 11 is 0. The van der Waals surface area contributed by atoms with Crippen LogP contribution in [0, 0.1) is 0 Å². The maximum Gasteiger partial charge on any atom is 0.325 e. The van der Waals surface area contributed by atoms with Crippen molar-refractivity contribution < 1.29 is 28.6 Å². The Balaban J connectivity index is 2.40. The van der Waals surface area contributed by atoms with Gasteiger partial charge in [0.2, 0.25) is 0 Å². The summed E-state index contributed by atoms with van der Waals surface area (Å²) in [6.07, 6.45) is 2.10. The zero-order valence-corrected chi connectivity index (χ0v) is 15.5. The van der Waals surface area contributed by atoms with Crippen molar-refractivity contribution >= 4 is 23.4 Å². The lowest BCUT2D eigenvalue weighted by Gasteiger charge is -2.27. The molecule has 26 heavy (non-hydrogen) atoms. The minimum atomic E-state index is -0.470. The number of ketones is 1. The number of benzene rings is 1. The highest BCUT2D eigenvalue weighted by atomic mass is 16.5. The SMILES string of the molecule is CCOC(=O)CN(CC(=O)OCC)c1cc2c(cc1OC)CCCC2=O. The summed E-state index contributed by atoms with van der Waals surface area (Å²) in [5.41, 5.74) is 2.04. The van der Waals surface area contributed by atoms with Crippen LogP contribution in [0.4, 0.5) is 5.69 Å². The number of hydrogen-bond acceptors (Lipinski definition) is 7. The van der Waals surface area contributed by atoms with Crippen molar-refractivity contribution in [3.05, 3.63) is 23.3 Å². The predicted octanol–water partition coefficient (Wildman–Crippen LogP) is 2.15. The van der Waals surface area contributed by atoms with Crippen molar-refractivity contribution in [2.45, 2.75) is 33.1 Å². The van der Waals surface area contributed by atoms with Crippen LogP contribution in [0.2, 0.25) is 0 Å². The van der Waals surface area contributed by atoms with Gasteiger partial charge in [0, 0.05) is 12.0 Å². The lowest BCUT2D eigenvalue weighted by Crippen LogP contribution is -2.36. The quantitative estimate of drug-likeness (QED) is 0.655. The largest absolute Gasteiger partial charge is 0.495 e. The van der Waals surface area contributed by atoms with E-state index in [1.807, 2.05) is 6.07 Å². The third-order valence-electron chi connectivity index (χ3n) is 4.15. The molecule has 0 spiro atoms. The van der Waals surface area contributed by atoms with E-state index in [0.29, 0.717) is 23.4 Å². The van der Waals surface area contributed by atoms with E-state index in [9.17, 15) is 14.4 Å². The third kappa shape index (κ3) is 4.74. The van der Waals surface area contributed by atoms with Gasteiger partial charge in [0.1, 0.15) is 18.8 Å². The van der Waals surface area contributed by atoms with Gasteiger partial charge in [-0.1, -0.05) is 0 Å². The van der Waals surface area contributed by atoms with Gasteiger partial charge in [-0.05, 0) is 44.4 Å². The number of methoxy groups -OCH3 is 1. The molecule has 0 N–H and O–H groups in total. The predicted molar refractivity (Wildman–Crippen MR) is 95.7 cm³/mol. The summed E-state index contributed by atoms with van der Waals surface area (Å²) in [6.45, 7) is 3.63. The average molecular weight is 363 g/mol. The van der Waals surface area contributed by atoms with Crippen molar-refractivity contribution in [2.75, 3.05) is 38.3 Å². The van der Waals surface area contributed by atoms with Gasteiger partial charge in [0.15, 0.2) is 5.78 Å². The van der Waals surface area contributed by atoms with Gasteiger partial charge in [0.25, 0.3) is 0 Å². The van der Waals surface area contributed by atoms with Gasteiger partial charge in [-0.3, -0.25) is 14.4 Å². The summed E-state index contributed by atoms with van der Waals surface area (Å²) in [6, 6.07) is 3.51. The molecule has 0 saturated carbocycles. The monoisotopic (exact) mass is 363 g/mol. The number of anilines is 1. The van der Waals surface area contributed by atoms with E-state index < -0.39 is 11.9 Å². The standard InChI is InChI=1S/C19H25NO6/c1-4-25-18(22)11-20(12-19(23)26-5-2)15-10-14-13(9-17(15)24-3)7-6-8-16(14)21/h9-10H,4-8,11-12H2,1-3H3. The minimum Gasteiger partial charge on any atom is -0.495 e. The van der Waals surface area contributed by atoms with Crippen LogP contribution in [0.15, 0.2) is 12.1 Å². The number of hydrogen-bond donors (Lipinski definition) is 0. The van der Waals surface area contributed by atoms with Gasteiger partial charge in [-0.15, -0.1) is 0 Å². The van der Waals surface area contributed by atoms with Crippen molar-refractivity contribution in [3.8, 4) is 5.75 Å². The number of carbonyl (C=O) groups is 3. The van der Waals surface area contributed by atoms with Gasteiger partial charge in [0.05, 0.1) is 26.0 Å². The maximum atomic E-state index is 12.3. The molecule has 0 atom stereocenters. The molecule has 0 saturated heterocycles. The highest BCUT2D eigenvalue weighted by Gasteiger charge is 2.25. The number of ether oxygens (including phenoxy) is 3. The Morgan fingerprint density at radius 3 is 2.19 bits per heavy atom. The van der Waals surface area contributed by atoms with E-state index >= 15 is 0 Å². The highest BCUT2D eigenvalue weighted by molar-refractivity contribution is 6.00. The van der Waals surface area contributed by atoms with E-state index in [2.05, 4.69) is 0 Å². The Hall–Kier alpha value is -2.57. The molecular formula is C19H25NO6. The number of rotatable bonds is 8. The second-order valence-electron chi connectivity index (χ2n) is 5.92. The minimum absolute atomic E-state index is 0.0578. The van der Waals surface area contributed by atoms with E-state index in [-0.39, 0.29) is 32.1 Å². The third-order valence-corrected chi connectivity index (χ3v) is 4.15. The fourth-order valence-electron chi connectivity index (χ4n) is 3.01. The van der Waals surface area contributed by atoms with Gasteiger partial charge in [-0.2, -0.15) is 0 Å². The number of fused-ring (bicyclic) bond motifs is 1. The molecule has 142 valence electrons. The van der Waals surface area contributed by atoms with Gasteiger partial charge < -0.3 is 19.1 Å². The zero-order valence-electron chi connectivity index (χ0n) is 15.5. The van der Waals surface area contributed by atoms with Crippen molar-refractivity contribution in [3.63, 3.8) is 0 Å². The first-order chi connectivity index (χ1) is 12.5. The highest BCUT2D eigenvalue weighted by Crippen LogP contribution is 2.35. The summed E-state index contributed by atoms with van der Waals surface area (Å²) in [5, 5.41) is 0. The first-order valence-corrected chi connectivity index (χ1v) is 8.80. The van der Waals surface area contributed by atoms with Crippen molar-refractivity contribution in [2.24, 2.45) is 0 Å². The molecule has 0 amide bonds. The number of aryl methyl sites for hydroxylation is 1. The Morgan fingerprint density at radius 2 is 1.65 bits per heavy atom. The summed E-state index contributed by atoms with van der Waals surface area (Å²) in [5.74, 6) is -0.375. The summed E-state index contributed by atoms with van der Waals surface area (Å²) < 4.78 is 15.5. The Bertz CT molecular complexity index is 665. The molecule has 1 aromatic rings. The van der Waals surface area contributed by atoms with Gasteiger partial charge in [-0.25, -0.2) is 0 Å². The van der Waals surface area contributed by atoms with Crippen LogP contribution >= 0.6 is 0 Å². The average Bonchev–Trinajstić information content (AvgIpc) is 2.61. The number of Topliss-reactive ketones (excluding diaryl/α,β-unsaturated/α-hetero) is 1. The maximum absolute atomic E-state index is 12.3. The van der Waals surface area contributed by atoms with Crippen LogP contribution in [0.5, 0.6) is 5.75 Å². The molecular weight excluding hydrogens is 338 g/mol. The molecule has 0 aromatic heterocycles. The second kappa shape index (κ2) is 9.22. The van der Waals surface area contributed by atoms with Crippen LogP contribution in [0.25, 0.3) is 0 Å². The summed E-state index contributed by atoms with van der Waals surface area (Å²) in [7, 11) is 1.52. The molecule has 0 bridgehead atoms. The lowest BCUT2D eigenvalue weighted by molar-refractivity contribution is -0.142. The molecule has 1 aromatic carbocycles. The molecule has 7 nitrogen and oxygen atoms in total. The zero-order chi connectivity index (χ0) is 19.1. The Kier molecular flexibility index (Phi) is 7.00. The molecule has 0 heterocycles. The molecule has 0 radical (unpaired) electrons. The summed E-state index contributed by atoms with van der Waals surface area (Å²) in [4.78, 5) is 37.8. The second-order valence-corrected chi connectivity index (χ2v) is 5.92. The fraction of sp³-hybridized carbons (Fsp3) is 0.526. The van der Waals surface area contributed by atoms with E-state index in [4.69, 9.17) is 14.2 Å². The smallest absolute Gasteiger partial charge is 0.325 e. The fourth-order valence-corrected chi connectivity index (χ4v) is 3.01. The number of esters is 2. The Labute approximate surface area is 153 Å².